The zero-order valence-corrected chi connectivity index (χ0v) is 11.3. The monoisotopic (exact) mass is 305 g/mol. The summed E-state index contributed by atoms with van der Waals surface area (Å²) in [6, 6.07) is 1.28. The SMILES string of the molecule is C=CCNC(C(=O)OCC)c1ccc(F)c(C(F)(F)F)c1. The largest absolute Gasteiger partial charge is 0.465 e. The fourth-order valence-corrected chi connectivity index (χ4v) is 1.70. The van der Waals surface area contributed by atoms with Crippen LogP contribution in [0.4, 0.5) is 17.6 Å². The molecule has 1 unspecified atom stereocenters. The molecule has 0 saturated carbocycles. The van der Waals surface area contributed by atoms with Crippen molar-refractivity contribution >= 4 is 5.97 Å². The zero-order chi connectivity index (χ0) is 16.0. The molecule has 0 amide bonds. The third-order valence-corrected chi connectivity index (χ3v) is 2.62. The number of rotatable bonds is 6. The Hall–Kier alpha value is -1.89. The molecule has 0 radical (unpaired) electrons. The molecular formula is C14H15F4NO2. The van der Waals surface area contributed by atoms with E-state index in [4.69, 9.17) is 4.74 Å². The van der Waals surface area contributed by atoms with Gasteiger partial charge in [-0.25, -0.2) is 9.18 Å². The van der Waals surface area contributed by atoms with Crippen LogP contribution in [0.1, 0.15) is 24.1 Å². The van der Waals surface area contributed by atoms with Crippen molar-refractivity contribution in [3.05, 3.63) is 47.8 Å². The summed E-state index contributed by atoms with van der Waals surface area (Å²) >= 11 is 0. The molecule has 0 heterocycles. The number of carbonyl (C=O) groups excluding carboxylic acids is 1. The Morgan fingerprint density at radius 1 is 1.48 bits per heavy atom. The molecule has 1 aromatic rings. The van der Waals surface area contributed by atoms with Gasteiger partial charge >= 0.3 is 12.1 Å². The molecule has 0 aliphatic heterocycles. The number of hydrogen-bond donors (Lipinski definition) is 1. The van der Waals surface area contributed by atoms with E-state index in [-0.39, 0.29) is 18.7 Å². The van der Waals surface area contributed by atoms with Crippen LogP contribution in [0.15, 0.2) is 30.9 Å². The minimum Gasteiger partial charge on any atom is -0.465 e. The van der Waals surface area contributed by atoms with Crippen molar-refractivity contribution in [2.75, 3.05) is 13.2 Å². The maximum Gasteiger partial charge on any atom is 0.419 e. The number of alkyl halides is 3. The summed E-state index contributed by atoms with van der Waals surface area (Å²) in [6.45, 7) is 5.29. The van der Waals surface area contributed by atoms with Crippen LogP contribution in [0.25, 0.3) is 0 Å². The van der Waals surface area contributed by atoms with E-state index in [0.29, 0.717) is 12.1 Å². The van der Waals surface area contributed by atoms with Gasteiger partial charge in [0.1, 0.15) is 11.9 Å². The smallest absolute Gasteiger partial charge is 0.419 e. The number of carbonyl (C=O) groups is 1. The minimum atomic E-state index is -4.84. The van der Waals surface area contributed by atoms with Gasteiger partial charge in [-0.1, -0.05) is 12.1 Å². The fraction of sp³-hybridized carbons (Fsp3) is 0.357. The summed E-state index contributed by atoms with van der Waals surface area (Å²) in [5.41, 5.74) is -1.45. The first kappa shape index (κ1) is 17.2. The van der Waals surface area contributed by atoms with Crippen LogP contribution in [0, 0.1) is 5.82 Å². The Labute approximate surface area is 119 Å². The molecule has 116 valence electrons. The highest BCUT2D eigenvalue weighted by atomic mass is 19.4. The second-order valence-corrected chi connectivity index (χ2v) is 4.12. The summed E-state index contributed by atoms with van der Waals surface area (Å²) in [4.78, 5) is 11.8. The molecule has 1 rings (SSSR count). The van der Waals surface area contributed by atoms with Crippen molar-refractivity contribution in [2.24, 2.45) is 0 Å². The van der Waals surface area contributed by atoms with Crippen molar-refractivity contribution in [1.29, 1.82) is 0 Å². The van der Waals surface area contributed by atoms with Gasteiger partial charge in [-0.15, -0.1) is 6.58 Å². The van der Waals surface area contributed by atoms with Crippen LogP contribution in [0.3, 0.4) is 0 Å². The lowest BCUT2D eigenvalue weighted by Gasteiger charge is -2.18. The Kier molecular flexibility index (Phi) is 5.90. The summed E-state index contributed by atoms with van der Waals surface area (Å²) in [7, 11) is 0. The molecule has 1 atom stereocenters. The Morgan fingerprint density at radius 3 is 2.67 bits per heavy atom. The molecular weight excluding hydrogens is 290 g/mol. The van der Waals surface area contributed by atoms with E-state index in [2.05, 4.69) is 11.9 Å². The molecule has 0 aliphatic rings. The van der Waals surface area contributed by atoms with Crippen molar-refractivity contribution in [2.45, 2.75) is 19.1 Å². The predicted molar refractivity (Wildman–Crippen MR) is 69.0 cm³/mol. The number of benzene rings is 1. The van der Waals surface area contributed by atoms with E-state index in [9.17, 15) is 22.4 Å². The van der Waals surface area contributed by atoms with Gasteiger partial charge in [0, 0.05) is 6.54 Å². The van der Waals surface area contributed by atoms with Gasteiger partial charge in [0.2, 0.25) is 0 Å². The van der Waals surface area contributed by atoms with Gasteiger partial charge < -0.3 is 4.74 Å². The van der Waals surface area contributed by atoms with Crippen LogP contribution in [0.2, 0.25) is 0 Å². The molecule has 0 fully saturated rings. The highest BCUT2D eigenvalue weighted by molar-refractivity contribution is 5.77. The van der Waals surface area contributed by atoms with E-state index >= 15 is 0 Å². The first-order valence-electron chi connectivity index (χ1n) is 6.18. The molecule has 7 heteroatoms. The number of nitrogens with one attached hydrogen (secondary N) is 1. The quantitative estimate of drug-likeness (QED) is 0.498. The van der Waals surface area contributed by atoms with Gasteiger partial charge in [-0.05, 0) is 24.6 Å². The molecule has 1 aromatic carbocycles. The van der Waals surface area contributed by atoms with Crippen molar-refractivity contribution < 1.29 is 27.1 Å². The molecule has 0 bridgehead atoms. The Balaban J connectivity index is 3.18. The summed E-state index contributed by atoms with van der Waals surface area (Å²) in [5.74, 6) is -2.13. The lowest BCUT2D eigenvalue weighted by atomic mass is 10.0. The fourth-order valence-electron chi connectivity index (χ4n) is 1.70. The highest BCUT2D eigenvalue weighted by Gasteiger charge is 2.35. The van der Waals surface area contributed by atoms with Crippen LogP contribution in [-0.4, -0.2) is 19.1 Å². The van der Waals surface area contributed by atoms with Crippen molar-refractivity contribution in [3.8, 4) is 0 Å². The number of ether oxygens (including phenoxy) is 1. The lowest BCUT2D eigenvalue weighted by molar-refractivity contribution is -0.146. The van der Waals surface area contributed by atoms with Gasteiger partial charge in [-0.3, -0.25) is 5.32 Å². The van der Waals surface area contributed by atoms with E-state index in [1.54, 1.807) is 6.92 Å². The van der Waals surface area contributed by atoms with Crippen molar-refractivity contribution in [1.82, 2.24) is 5.32 Å². The van der Waals surface area contributed by atoms with E-state index in [1.807, 2.05) is 0 Å². The summed E-state index contributed by atoms with van der Waals surface area (Å²) < 4.78 is 56.2. The van der Waals surface area contributed by atoms with Crippen LogP contribution in [-0.2, 0) is 15.7 Å². The lowest BCUT2D eigenvalue weighted by Crippen LogP contribution is -2.30. The molecule has 0 spiro atoms. The standard InChI is InChI=1S/C14H15F4NO2/c1-3-7-19-12(13(20)21-4-2)9-5-6-11(15)10(8-9)14(16,17)18/h3,5-6,8,12,19H,1,4,7H2,2H3. The predicted octanol–water partition coefficient (Wildman–Crippen LogP) is 3.22. The average Bonchev–Trinajstić information content (AvgIpc) is 2.39. The number of hydrogen-bond acceptors (Lipinski definition) is 3. The maximum absolute atomic E-state index is 13.3. The molecule has 0 aliphatic carbocycles. The van der Waals surface area contributed by atoms with Crippen LogP contribution >= 0.6 is 0 Å². The van der Waals surface area contributed by atoms with Gasteiger partial charge in [0.25, 0.3) is 0 Å². The molecule has 0 aromatic heterocycles. The van der Waals surface area contributed by atoms with Crippen molar-refractivity contribution in [3.63, 3.8) is 0 Å². The molecule has 0 saturated heterocycles. The Bertz CT molecular complexity index is 514. The van der Waals surface area contributed by atoms with E-state index in [1.165, 1.54) is 6.08 Å². The van der Waals surface area contributed by atoms with E-state index < -0.39 is 29.6 Å². The number of esters is 1. The third-order valence-electron chi connectivity index (χ3n) is 2.62. The highest BCUT2D eigenvalue weighted by Crippen LogP contribution is 2.33. The minimum absolute atomic E-state index is 0.0241. The first-order valence-corrected chi connectivity index (χ1v) is 6.18. The van der Waals surface area contributed by atoms with Gasteiger partial charge in [0.05, 0.1) is 12.2 Å². The topological polar surface area (TPSA) is 38.3 Å². The Morgan fingerprint density at radius 2 is 2.14 bits per heavy atom. The zero-order valence-electron chi connectivity index (χ0n) is 11.3. The van der Waals surface area contributed by atoms with E-state index in [0.717, 1.165) is 6.07 Å². The molecule has 3 nitrogen and oxygen atoms in total. The maximum atomic E-state index is 13.3. The summed E-state index contributed by atoms with van der Waals surface area (Å²) in [6.07, 6.45) is -3.39. The second kappa shape index (κ2) is 7.21. The van der Waals surface area contributed by atoms with Gasteiger partial charge in [-0.2, -0.15) is 13.2 Å². The van der Waals surface area contributed by atoms with Crippen LogP contribution < -0.4 is 5.32 Å². The number of halogens is 4. The first-order chi connectivity index (χ1) is 9.81. The van der Waals surface area contributed by atoms with Crippen LogP contribution in [0.5, 0.6) is 0 Å². The molecule has 1 N–H and O–H groups in total. The van der Waals surface area contributed by atoms with Gasteiger partial charge in [0.15, 0.2) is 0 Å². The average molecular weight is 305 g/mol. The normalized spacial score (nSPS) is 12.8. The second-order valence-electron chi connectivity index (χ2n) is 4.12. The molecule has 21 heavy (non-hydrogen) atoms. The third kappa shape index (κ3) is 4.56. The summed E-state index contributed by atoms with van der Waals surface area (Å²) in [5, 5.41) is 2.69.